The molecule has 0 radical (unpaired) electrons. The predicted octanol–water partition coefficient (Wildman–Crippen LogP) is 4.40. The first kappa shape index (κ1) is 31.7. The Morgan fingerprint density at radius 1 is 0.608 bits per heavy atom. The SMILES string of the molecule is O=C(O)c1ccc(N2C(=O)[C@H]3[C@H](CC=C4[C@H]3C[C@H]3C(=O)N(c5ccc(C(=O)O)c(O)c5)C(=O)[C@H]3[C@H]4c3c(O)ccc4ccccc34)C2=O)cc1O. The Hall–Kier alpha value is -6.50. The lowest BCUT2D eigenvalue weighted by atomic mass is 9.56. The van der Waals surface area contributed by atoms with Crippen molar-refractivity contribution >= 4 is 57.7 Å². The first-order valence-electron chi connectivity index (χ1n) is 16.2. The van der Waals surface area contributed by atoms with Crippen LogP contribution in [0.5, 0.6) is 17.2 Å². The smallest absolute Gasteiger partial charge is 0.339 e. The van der Waals surface area contributed by atoms with Gasteiger partial charge < -0.3 is 25.5 Å². The first-order valence-corrected chi connectivity index (χ1v) is 16.2. The molecule has 13 heteroatoms. The van der Waals surface area contributed by atoms with Crippen molar-refractivity contribution in [3.05, 3.63) is 101 Å². The molecule has 2 saturated heterocycles. The van der Waals surface area contributed by atoms with Crippen molar-refractivity contribution in [1.29, 1.82) is 0 Å². The molecule has 2 heterocycles. The van der Waals surface area contributed by atoms with Crippen LogP contribution < -0.4 is 9.80 Å². The Kier molecular flexibility index (Phi) is 7.02. The fraction of sp³-hybridized carbons (Fsp3) is 0.211. The normalized spacial score (nSPS) is 25.5. The minimum absolute atomic E-state index is 0.00395. The molecule has 51 heavy (non-hydrogen) atoms. The second-order valence-corrected chi connectivity index (χ2v) is 13.3. The molecule has 1 saturated carbocycles. The maximum atomic E-state index is 14.5. The molecule has 2 aliphatic carbocycles. The predicted molar refractivity (Wildman–Crippen MR) is 178 cm³/mol. The number of carboxylic acids is 2. The van der Waals surface area contributed by atoms with Gasteiger partial charge in [-0.25, -0.2) is 19.4 Å². The van der Waals surface area contributed by atoms with E-state index in [4.69, 9.17) is 0 Å². The number of carbonyl (C=O) groups excluding carboxylic acids is 4. The van der Waals surface area contributed by atoms with Crippen LogP contribution in [-0.2, 0) is 19.2 Å². The van der Waals surface area contributed by atoms with Crippen molar-refractivity contribution in [3.8, 4) is 17.2 Å². The standard InChI is InChI=1S/C38H28N2O11/c41-26-12-5-16-3-1-2-4-19(16)30(26)31-20-10-11-23-29(35(46)39(33(23)44)17-6-8-21(37(48)49)27(42)13-17)24(20)15-25-32(31)36(47)40(34(25)45)18-7-9-22(38(50)51)28(43)14-18/h1-10,12-14,23-25,29,31-32,41-43H,11,15H2,(H,48,49)(H,50,51)/t23-,24+,25+,29-,31+,32+/m0/s1. The fourth-order valence-electron chi connectivity index (χ4n) is 8.71. The second-order valence-electron chi connectivity index (χ2n) is 13.3. The molecule has 4 aromatic carbocycles. The highest BCUT2D eigenvalue weighted by Gasteiger charge is 2.62. The van der Waals surface area contributed by atoms with Gasteiger partial charge in [-0.1, -0.05) is 42.0 Å². The average molecular weight is 689 g/mol. The van der Waals surface area contributed by atoms with Crippen LogP contribution in [0.1, 0.15) is 45.0 Å². The molecule has 0 aromatic heterocycles. The maximum absolute atomic E-state index is 14.5. The number of imide groups is 2. The molecule has 256 valence electrons. The molecule has 0 unspecified atom stereocenters. The molecule has 13 nitrogen and oxygen atoms in total. The fourth-order valence-corrected chi connectivity index (χ4v) is 8.71. The number of aromatic carboxylic acids is 2. The second kappa shape index (κ2) is 11.3. The summed E-state index contributed by atoms with van der Waals surface area (Å²) in [5, 5.41) is 52.4. The number of benzene rings is 4. The highest BCUT2D eigenvalue weighted by molar-refractivity contribution is 6.24. The highest BCUT2D eigenvalue weighted by Crippen LogP contribution is 2.60. The van der Waals surface area contributed by atoms with E-state index in [1.807, 2.05) is 18.2 Å². The van der Waals surface area contributed by atoms with Crippen LogP contribution in [0.3, 0.4) is 0 Å². The van der Waals surface area contributed by atoms with Gasteiger partial charge in [-0.05, 0) is 59.9 Å². The number of carbonyl (C=O) groups is 6. The van der Waals surface area contributed by atoms with Gasteiger partial charge in [0.1, 0.15) is 28.4 Å². The van der Waals surface area contributed by atoms with Crippen LogP contribution in [-0.4, -0.2) is 61.1 Å². The number of phenols is 3. The molecule has 8 rings (SSSR count). The van der Waals surface area contributed by atoms with Crippen molar-refractivity contribution in [2.75, 3.05) is 9.80 Å². The number of hydrogen-bond donors (Lipinski definition) is 5. The molecular weight excluding hydrogens is 660 g/mol. The first-order chi connectivity index (χ1) is 24.4. The van der Waals surface area contributed by atoms with Gasteiger partial charge in [-0.3, -0.25) is 19.2 Å². The van der Waals surface area contributed by atoms with Crippen LogP contribution in [0, 0.1) is 29.6 Å². The molecule has 5 N–H and O–H groups in total. The number of anilines is 2. The van der Waals surface area contributed by atoms with E-state index >= 15 is 0 Å². The number of allylic oxidation sites excluding steroid dienone is 2. The number of phenolic OH excluding ortho intramolecular Hbond substituents is 1. The molecule has 0 bridgehead atoms. The summed E-state index contributed by atoms with van der Waals surface area (Å²) in [4.78, 5) is 81.8. The zero-order valence-corrected chi connectivity index (χ0v) is 26.5. The topological polar surface area (TPSA) is 210 Å². The monoisotopic (exact) mass is 688 g/mol. The number of carboxylic acid groups (broad SMARTS) is 2. The number of rotatable bonds is 5. The third kappa shape index (κ3) is 4.54. The highest BCUT2D eigenvalue weighted by atomic mass is 16.4. The van der Waals surface area contributed by atoms with E-state index < -0.39 is 93.7 Å². The maximum Gasteiger partial charge on any atom is 0.339 e. The third-order valence-corrected chi connectivity index (χ3v) is 10.8. The molecule has 4 aromatic rings. The summed E-state index contributed by atoms with van der Waals surface area (Å²) in [7, 11) is 0. The Balaban J connectivity index is 1.27. The summed E-state index contributed by atoms with van der Waals surface area (Å²) >= 11 is 0. The van der Waals surface area contributed by atoms with Crippen LogP contribution in [0.15, 0.2) is 84.4 Å². The van der Waals surface area contributed by atoms with Gasteiger partial charge in [0.25, 0.3) is 0 Å². The minimum atomic E-state index is -1.40. The van der Waals surface area contributed by atoms with Crippen LogP contribution in [0.4, 0.5) is 11.4 Å². The summed E-state index contributed by atoms with van der Waals surface area (Å²) in [5.74, 6) is -12.2. The lowest BCUT2D eigenvalue weighted by Crippen LogP contribution is -2.43. The van der Waals surface area contributed by atoms with E-state index in [1.54, 1.807) is 18.2 Å². The number of nitrogens with zero attached hydrogens (tertiary/aromatic N) is 2. The van der Waals surface area contributed by atoms with Crippen molar-refractivity contribution in [2.45, 2.75) is 18.8 Å². The number of fused-ring (bicyclic) bond motifs is 5. The van der Waals surface area contributed by atoms with Gasteiger partial charge >= 0.3 is 11.9 Å². The molecule has 3 fully saturated rings. The van der Waals surface area contributed by atoms with Crippen LogP contribution in [0.2, 0.25) is 0 Å². The van der Waals surface area contributed by atoms with Crippen LogP contribution >= 0.6 is 0 Å². The molecule has 0 spiro atoms. The Labute approximate surface area is 288 Å². The average Bonchev–Trinajstić information content (AvgIpc) is 3.50. The van der Waals surface area contributed by atoms with E-state index in [0.717, 1.165) is 39.5 Å². The van der Waals surface area contributed by atoms with Gasteiger partial charge in [-0.2, -0.15) is 0 Å². The molecule has 2 aliphatic heterocycles. The van der Waals surface area contributed by atoms with Gasteiger partial charge in [0.2, 0.25) is 23.6 Å². The summed E-state index contributed by atoms with van der Waals surface area (Å²) < 4.78 is 0. The number of hydrogen-bond acceptors (Lipinski definition) is 9. The lowest BCUT2D eigenvalue weighted by molar-refractivity contribution is -0.126. The van der Waals surface area contributed by atoms with Crippen molar-refractivity contribution in [3.63, 3.8) is 0 Å². The van der Waals surface area contributed by atoms with Crippen molar-refractivity contribution in [1.82, 2.24) is 0 Å². The lowest BCUT2D eigenvalue weighted by Gasteiger charge is -2.44. The number of amides is 4. The van der Waals surface area contributed by atoms with E-state index in [0.29, 0.717) is 16.5 Å². The van der Waals surface area contributed by atoms with E-state index in [2.05, 4.69) is 0 Å². The molecular formula is C38H28N2O11. The third-order valence-electron chi connectivity index (χ3n) is 10.8. The van der Waals surface area contributed by atoms with E-state index in [1.165, 1.54) is 18.2 Å². The molecule has 4 aliphatic rings. The van der Waals surface area contributed by atoms with E-state index in [-0.39, 0.29) is 30.0 Å². The Bertz CT molecular complexity index is 2310. The largest absolute Gasteiger partial charge is 0.508 e. The summed E-state index contributed by atoms with van der Waals surface area (Å²) in [6, 6.07) is 17.2. The van der Waals surface area contributed by atoms with Crippen molar-refractivity contribution < 1.29 is 54.3 Å². The number of aromatic hydroxyl groups is 3. The summed E-state index contributed by atoms with van der Waals surface area (Å²) in [6.45, 7) is 0. The Morgan fingerprint density at radius 2 is 1.18 bits per heavy atom. The Morgan fingerprint density at radius 3 is 1.76 bits per heavy atom. The van der Waals surface area contributed by atoms with Gasteiger partial charge in [0.05, 0.1) is 35.0 Å². The van der Waals surface area contributed by atoms with Gasteiger partial charge in [-0.15, -0.1) is 0 Å². The quantitative estimate of drug-likeness (QED) is 0.147. The summed E-state index contributed by atoms with van der Waals surface area (Å²) in [6.07, 6.45) is 1.91. The van der Waals surface area contributed by atoms with Gasteiger partial charge in [0.15, 0.2) is 0 Å². The van der Waals surface area contributed by atoms with Crippen molar-refractivity contribution in [2.24, 2.45) is 29.6 Å². The van der Waals surface area contributed by atoms with Crippen LogP contribution in [0.25, 0.3) is 10.8 Å². The van der Waals surface area contributed by atoms with Gasteiger partial charge in [0, 0.05) is 23.6 Å². The van der Waals surface area contributed by atoms with E-state index in [9.17, 15) is 54.3 Å². The minimum Gasteiger partial charge on any atom is -0.508 e. The zero-order valence-electron chi connectivity index (χ0n) is 26.5. The molecule has 6 atom stereocenters. The molecule has 4 amide bonds. The summed E-state index contributed by atoms with van der Waals surface area (Å²) in [5.41, 5.74) is 0.116. The zero-order chi connectivity index (χ0) is 36.0.